The number of carbonyl (C=O) groups is 2. The summed E-state index contributed by atoms with van der Waals surface area (Å²) in [5.41, 5.74) is 2.67. The summed E-state index contributed by atoms with van der Waals surface area (Å²) in [4.78, 5) is 23.7. The van der Waals surface area contributed by atoms with Crippen molar-refractivity contribution in [3.05, 3.63) is 59.4 Å². The quantitative estimate of drug-likeness (QED) is 0.850. The Morgan fingerprint density at radius 3 is 2.33 bits per heavy atom. The predicted molar refractivity (Wildman–Crippen MR) is 92.2 cm³/mol. The maximum Gasteiger partial charge on any atom is 0.309 e. The predicted octanol–water partition coefficient (Wildman–Crippen LogP) is 3.81. The van der Waals surface area contributed by atoms with Crippen LogP contribution in [0.2, 0.25) is 0 Å². The van der Waals surface area contributed by atoms with Gasteiger partial charge in [-0.15, -0.1) is 0 Å². The van der Waals surface area contributed by atoms with E-state index in [0.29, 0.717) is 17.3 Å². The first-order valence-electron chi connectivity index (χ1n) is 8.52. The van der Waals surface area contributed by atoms with Gasteiger partial charge in [0.15, 0.2) is 5.78 Å². The van der Waals surface area contributed by atoms with Crippen molar-refractivity contribution in [2.24, 2.45) is 13.0 Å². The van der Waals surface area contributed by atoms with Crippen LogP contribution in [0, 0.1) is 5.92 Å². The number of aliphatic carboxylic acids is 1. The highest BCUT2D eigenvalue weighted by Crippen LogP contribution is 2.37. The van der Waals surface area contributed by atoms with Crippen molar-refractivity contribution in [2.45, 2.75) is 38.0 Å². The van der Waals surface area contributed by atoms with Gasteiger partial charge < -0.3 is 9.67 Å². The molecule has 0 spiro atoms. The standard InChI is InChI=1S/C20H23NO3/c1-21-17(13-19(22)23)11-12-18(21)20(24)16-9-7-15(8-10-16)14-5-3-2-4-6-14/h2-6,11-12,15-16H,7-10,13H2,1H3,(H,22,23). The Morgan fingerprint density at radius 2 is 1.71 bits per heavy atom. The van der Waals surface area contributed by atoms with E-state index in [1.54, 1.807) is 23.7 Å². The molecule has 1 aliphatic rings. The highest BCUT2D eigenvalue weighted by Gasteiger charge is 2.29. The molecule has 1 aromatic carbocycles. The molecule has 1 heterocycles. The largest absolute Gasteiger partial charge is 0.481 e. The fourth-order valence-electron chi connectivity index (χ4n) is 3.76. The van der Waals surface area contributed by atoms with Crippen molar-refractivity contribution in [3.8, 4) is 0 Å². The van der Waals surface area contributed by atoms with Crippen LogP contribution in [0.15, 0.2) is 42.5 Å². The summed E-state index contributed by atoms with van der Waals surface area (Å²) < 4.78 is 1.74. The molecule has 1 aromatic heterocycles. The molecule has 126 valence electrons. The van der Waals surface area contributed by atoms with Crippen molar-refractivity contribution in [1.29, 1.82) is 0 Å². The molecule has 1 aliphatic carbocycles. The minimum Gasteiger partial charge on any atom is -0.481 e. The second-order valence-electron chi connectivity index (χ2n) is 6.66. The van der Waals surface area contributed by atoms with E-state index in [4.69, 9.17) is 5.11 Å². The van der Waals surface area contributed by atoms with Crippen LogP contribution < -0.4 is 0 Å². The van der Waals surface area contributed by atoms with Gasteiger partial charge in [-0.3, -0.25) is 9.59 Å². The van der Waals surface area contributed by atoms with Crippen LogP contribution >= 0.6 is 0 Å². The first-order valence-corrected chi connectivity index (χ1v) is 8.52. The molecule has 4 nitrogen and oxygen atoms in total. The van der Waals surface area contributed by atoms with Gasteiger partial charge in [0.2, 0.25) is 0 Å². The number of rotatable bonds is 5. The number of nitrogens with zero attached hydrogens (tertiary/aromatic N) is 1. The molecule has 1 saturated carbocycles. The summed E-state index contributed by atoms with van der Waals surface area (Å²) in [6.07, 6.45) is 3.82. The summed E-state index contributed by atoms with van der Waals surface area (Å²) in [7, 11) is 1.78. The number of aromatic nitrogens is 1. The SMILES string of the molecule is Cn1c(CC(=O)O)ccc1C(=O)C1CCC(c2ccccc2)CC1. The van der Waals surface area contributed by atoms with E-state index < -0.39 is 5.97 Å². The van der Waals surface area contributed by atoms with Crippen molar-refractivity contribution < 1.29 is 14.7 Å². The average Bonchev–Trinajstić information content (AvgIpc) is 2.95. The number of hydrogen-bond donors (Lipinski definition) is 1. The van der Waals surface area contributed by atoms with E-state index in [-0.39, 0.29) is 18.1 Å². The molecule has 0 aliphatic heterocycles. The summed E-state index contributed by atoms with van der Waals surface area (Å²) in [5, 5.41) is 8.93. The van der Waals surface area contributed by atoms with Gasteiger partial charge in [0.1, 0.15) is 0 Å². The summed E-state index contributed by atoms with van der Waals surface area (Å²) >= 11 is 0. The summed E-state index contributed by atoms with van der Waals surface area (Å²) in [5.74, 6) is -0.123. The minimum absolute atomic E-state index is 0.0511. The Morgan fingerprint density at radius 1 is 1.04 bits per heavy atom. The van der Waals surface area contributed by atoms with Crippen LogP contribution in [0.1, 0.15) is 53.3 Å². The van der Waals surface area contributed by atoms with Crippen LogP contribution in [0.25, 0.3) is 0 Å². The second kappa shape index (κ2) is 7.04. The lowest BCUT2D eigenvalue weighted by Gasteiger charge is -2.28. The third-order valence-electron chi connectivity index (χ3n) is 5.18. The Balaban J connectivity index is 1.65. The third-order valence-corrected chi connectivity index (χ3v) is 5.18. The van der Waals surface area contributed by atoms with Gasteiger partial charge in [0, 0.05) is 18.7 Å². The van der Waals surface area contributed by atoms with Gasteiger partial charge in [-0.2, -0.15) is 0 Å². The van der Waals surface area contributed by atoms with Crippen molar-refractivity contribution in [3.63, 3.8) is 0 Å². The zero-order valence-electron chi connectivity index (χ0n) is 13.9. The van der Waals surface area contributed by atoms with Gasteiger partial charge in [0.25, 0.3) is 0 Å². The lowest BCUT2D eigenvalue weighted by molar-refractivity contribution is -0.136. The van der Waals surface area contributed by atoms with Crippen LogP contribution in [-0.2, 0) is 18.3 Å². The van der Waals surface area contributed by atoms with Gasteiger partial charge in [0.05, 0.1) is 12.1 Å². The highest BCUT2D eigenvalue weighted by molar-refractivity contribution is 5.96. The molecule has 24 heavy (non-hydrogen) atoms. The number of carbonyl (C=O) groups excluding carboxylic acids is 1. The molecule has 0 amide bonds. The monoisotopic (exact) mass is 325 g/mol. The molecular formula is C20H23NO3. The fourth-order valence-corrected chi connectivity index (χ4v) is 3.76. The van der Waals surface area contributed by atoms with Crippen molar-refractivity contribution in [1.82, 2.24) is 4.57 Å². The second-order valence-corrected chi connectivity index (χ2v) is 6.66. The first kappa shape index (κ1) is 16.5. The van der Waals surface area contributed by atoms with E-state index in [9.17, 15) is 9.59 Å². The highest BCUT2D eigenvalue weighted by atomic mass is 16.4. The molecule has 0 radical (unpaired) electrons. The Labute approximate surface area is 142 Å². The molecule has 0 bridgehead atoms. The maximum absolute atomic E-state index is 12.8. The molecule has 0 unspecified atom stereocenters. The van der Waals surface area contributed by atoms with E-state index in [0.717, 1.165) is 25.7 Å². The number of carboxylic acids is 1. The number of carboxylic acid groups (broad SMARTS) is 1. The lowest BCUT2D eigenvalue weighted by atomic mass is 9.77. The molecule has 1 fully saturated rings. The van der Waals surface area contributed by atoms with Crippen LogP contribution in [0.4, 0.5) is 0 Å². The van der Waals surface area contributed by atoms with E-state index >= 15 is 0 Å². The first-order chi connectivity index (χ1) is 11.6. The van der Waals surface area contributed by atoms with Crippen molar-refractivity contribution in [2.75, 3.05) is 0 Å². The molecule has 0 atom stereocenters. The van der Waals surface area contributed by atoms with Crippen LogP contribution in [-0.4, -0.2) is 21.4 Å². The third kappa shape index (κ3) is 3.42. The maximum atomic E-state index is 12.8. The minimum atomic E-state index is -0.876. The zero-order chi connectivity index (χ0) is 17.1. The smallest absolute Gasteiger partial charge is 0.309 e. The fraction of sp³-hybridized carbons (Fsp3) is 0.400. The summed E-state index contributed by atoms with van der Waals surface area (Å²) in [6, 6.07) is 14.0. The Kier molecular flexibility index (Phi) is 4.84. The molecular weight excluding hydrogens is 302 g/mol. The van der Waals surface area contributed by atoms with Gasteiger partial charge in [-0.25, -0.2) is 0 Å². The molecule has 3 rings (SSSR count). The molecule has 0 saturated heterocycles. The molecule has 4 heteroatoms. The van der Waals surface area contributed by atoms with Crippen molar-refractivity contribution >= 4 is 11.8 Å². The van der Waals surface area contributed by atoms with E-state index in [1.165, 1.54) is 5.56 Å². The number of benzene rings is 1. The Bertz CT molecular complexity index is 725. The van der Waals surface area contributed by atoms with Gasteiger partial charge in [-0.1, -0.05) is 30.3 Å². The topological polar surface area (TPSA) is 59.3 Å². The normalized spacial score (nSPS) is 20.7. The Hall–Kier alpha value is -2.36. The number of ketones is 1. The number of Topliss-reactive ketones (excluding diaryl/α,β-unsaturated/α-hetero) is 1. The lowest BCUT2D eigenvalue weighted by Crippen LogP contribution is -2.23. The number of hydrogen-bond acceptors (Lipinski definition) is 2. The molecule has 2 aromatic rings. The van der Waals surface area contributed by atoms with Gasteiger partial charge in [-0.05, 0) is 49.3 Å². The van der Waals surface area contributed by atoms with E-state index in [1.807, 2.05) is 6.07 Å². The van der Waals surface area contributed by atoms with Gasteiger partial charge >= 0.3 is 5.97 Å². The zero-order valence-corrected chi connectivity index (χ0v) is 13.9. The van der Waals surface area contributed by atoms with Crippen LogP contribution in [0.5, 0.6) is 0 Å². The van der Waals surface area contributed by atoms with Crippen LogP contribution in [0.3, 0.4) is 0 Å². The van der Waals surface area contributed by atoms with E-state index in [2.05, 4.69) is 24.3 Å². The molecule has 1 N–H and O–H groups in total. The average molecular weight is 325 g/mol. The summed E-state index contributed by atoms with van der Waals surface area (Å²) in [6.45, 7) is 0.